The van der Waals surface area contributed by atoms with Crippen LogP contribution >= 0.6 is 0 Å². The molecule has 1 N–H and O–H groups in total. The number of rotatable bonds is 5. The third-order valence-corrected chi connectivity index (χ3v) is 6.08. The molecule has 1 aliphatic rings. The second-order valence-corrected chi connectivity index (χ2v) is 8.75. The van der Waals surface area contributed by atoms with Gasteiger partial charge >= 0.3 is 0 Å². The van der Waals surface area contributed by atoms with Crippen LogP contribution in [0.3, 0.4) is 0 Å². The van der Waals surface area contributed by atoms with E-state index in [1.807, 2.05) is 19.1 Å². The molecule has 0 amide bonds. The predicted octanol–water partition coefficient (Wildman–Crippen LogP) is 2.85. The maximum atomic E-state index is 11.6. The average Bonchev–Trinajstić information content (AvgIpc) is 2.86. The zero-order chi connectivity index (χ0) is 18.0. The molecule has 0 aliphatic carbocycles. The first-order valence-electron chi connectivity index (χ1n) is 8.53. The fraction of sp³-hybridized carbons (Fsp3) is 0.444. The number of aromatic nitrogens is 2. The normalized spacial score (nSPS) is 18.9. The Morgan fingerprint density at radius 1 is 1.24 bits per heavy atom. The molecular weight excluding hydrogens is 336 g/mol. The van der Waals surface area contributed by atoms with Gasteiger partial charge in [-0.15, -0.1) is 0 Å². The van der Waals surface area contributed by atoms with Crippen LogP contribution in [-0.4, -0.2) is 42.5 Å². The van der Waals surface area contributed by atoms with E-state index < -0.39 is 9.84 Å². The molecule has 3 rings (SSSR count). The van der Waals surface area contributed by atoms with Gasteiger partial charge in [0, 0.05) is 30.0 Å². The van der Waals surface area contributed by atoms with Crippen LogP contribution in [0.5, 0.6) is 0 Å². The van der Waals surface area contributed by atoms with Gasteiger partial charge in [-0.1, -0.05) is 12.1 Å². The molecule has 1 unspecified atom stereocenters. The van der Waals surface area contributed by atoms with E-state index >= 15 is 0 Å². The summed E-state index contributed by atoms with van der Waals surface area (Å²) >= 11 is 0. The van der Waals surface area contributed by atoms with Crippen molar-refractivity contribution in [2.24, 2.45) is 0 Å². The smallest absolute Gasteiger partial charge is 0.225 e. The third kappa shape index (κ3) is 4.28. The first-order valence-corrected chi connectivity index (χ1v) is 10.4. The number of hydrogen-bond donors (Lipinski definition) is 1. The Bertz CT molecular complexity index is 867. The molecule has 2 heterocycles. The first kappa shape index (κ1) is 17.7. The molecule has 1 fully saturated rings. The number of sulfone groups is 1. The van der Waals surface area contributed by atoms with Gasteiger partial charge in [-0.2, -0.15) is 4.98 Å². The van der Waals surface area contributed by atoms with E-state index in [0.29, 0.717) is 12.4 Å². The predicted molar refractivity (Wildman–Crippen MR) is 101 cm³/mol. The maximum Gasteiger partial charge on any atom is 0.225 e. The molecule has 1 aliphatic heterocycles. The largest absolute Gasteiger partial charge is 0.350 e. The summed E-state index contributed by atoms with van der Waals surface area (Å²) in [6, 6.07) is 10.1. The van der Waals surface area contributed by atoms with Crippen LogP contribution in [-0.2, 0) is 9.84 Å². The molecule has 1 aromatic carbocycles. The van der Waals surface area contributed by atoms with E-state index in [4.69, 9.17) is 0 Å². The van der Waals surface area contributed by atoms with Crippen LogP contribution in [0, 0.1) is 13.8 Å². The minimum atomic E-state index is -2.93. The molecule has 1 atom stereocenters. The Morgan fingerprint density at radius 3 is 2.68 bits per heavy atom. The minimum Gasteiger partial charge on any atom is -0.350 e. The Hall–Kier alpha value is -2.15. The Labute approximate surface area is 149 Å². The van der Waals surface area contributed by atoms with Crippen molar-refractivity contribution in [2.75, 3.05) is 28.3 Å². The van der Waals surface area contributed by atoms with Crippen LogP contribution in [0.25, 0.3) is 0 Å². The van der Waals surface area contributed by atoms with Crippen molar-refractivity contribution in [1.82, 2.24) is 9.97 Å². The Balaban J connectivity index is 1.87. The van der Waals surface area contributed by atoms with Gasteiger partial charge < -0.3 is 10.2 Å². The van der Waals surface area contributed by atoms with Gasteiger partial charge in [0.15, 0.2) is 9.84 Å². The topological polar surface area (TPSA) is 75.2 Å². The molecule has 1 saturated heterocycles. The van der Waals surface area contributed by atoms with E-state index in [2.05, 4.69) is 52.2 Å². The SMILES string of the molecule is CCN(c1cccc(C)c1)c1cc(C)nc(NC2CCS(=O)(=O)C2)n1. The first-order chi connectivity index (χ1) is 11.9. The standard InChI is InChI=1S/C18H24N4O2S/c1-4-22(16-7-5-6-13(2)10-16)17-11-14(3)19-18(21-17)20-15-8-9-25(23,24)12-15/h5-7,10-11,15H,4,8-9,12H2,1-3H3,(H,19,20,21). The Morgan fingerprint density at radius 2 is 2.04 bits per heavy atom. The highest BCUT2D eigenvalue weighted by Crippen LogP contribution is 2.26. The third-order valence-electron chi connectivity index (χ3n) is 4.31. The lowest BCUT2D eigenvalue weighted by Crippen LogP contribution is -2.24. The molecule has 0 saturated carbocycles. The molecule has 2 aromatic rings. The molecule has 1 aromatic heterocycles. The van der Waals surface area contributed by atoms with Crippen LogP contribution < -0.4 is 10.2 Å². The van der Waals surface area contributed by atoms with E-state index in [1.165, 1.54) is 5.56 Å². The highest BCUT2D eigenvalue weighted by atomic mass is 32.2. The van der Waals surface area contributed by atoms with Crippen molar-refractivity contribution >= 4 is 27.3 Å². The number of nitrogens with one attached hydrogen (secondary N) is 1. The fourth-order valence-corrected chi connectivity index (χ4v) is 4.79. The summed E-state index contributed by atoms with van der Waals surface area (Å²) in [5, 5.41) is 3.19. The van der Waals surface area contributed by atoms with Crippen molar-refractivity contribution in [3.63, 3.8) is 0 Å². The van der Waals surface area contributed by atoms with Crippen LogP contribution in [0.15, 0.2) is 30.3 Å². The number of aryl methyl sites for hydroxylation is 2. The van der Waals surface area contributed by atoms with E-state index in [9.17, 15) is 8.42 Å². The summed E-state index contributed by atoms with van der Waals surface area (Å²) < 4.78 is 23.3. The molecule has 0 radical (unpaired) electrons. The van der Waals surface area contributed by atoms with E-state index in [-0.39, 0.29) is 17.5 Å². The zero-order valence-electron chi connectivity index (χ0n) is 14.9. The minimum absolute atomic E-state index is 0.117. The van der Waals surface area contributed by atoms with Crippen molar-refractivity contribution in [1.29, 1.82) is 0 Å². The summed E-state index contributed by atoms with van der Waals surface area (Å²) in [5.41, 5.74) is 3.12. The summed E-state index contributed by atoms with van der Waals surface area (Å²) in [4.78, 5) is 11.2. The van der Waals surface area contributed by atoms with Crippen molar-refractivity contribution in [2.45, 2.75) is 33.2 Å². The second kappa shape index (κ2) is 7.00. The number of anilines is 3. The van der Waals surface area contributed by atoms with Gasteiger partial charge in [0.05, 0.1) is 11.5 Å². The monoisotopic (exact) mass is 360 g/mol. The van der Waals surface area contributed by atoms with Crippen molar-refractivity contribution in [3.05, 3.63) is 41.6 Å². The quantitative estimate of drug-likeness (QED) is 0.884. The molecule has 25 heavy (non-hydrogen) atoms. The van der Waals surface area contributed by atoms with Gasteiger partial charge in [0.1, 0.15) is 5.82 Å². The molecule has 0 spiro atoms. The lowest BCUT2D eigenvalue weighted by atomic mass is 10.2. The van der Waals surface area contributed by atoms with Gasteiger partial charge in [-0.05, 0) is 44.9 Å². The number of hydrogen-bond acceptors (Lipinski definition) is 6. The lowest BCUT2D eigenvalue weighted by Gasteiger charge is -2.23. The summed E-state index contributed by atoms with van der Waals surface area (Å²) in [6.07, 6.45) is 0.602. The second-order valence-electron chi connectivity index (χ2n) is 6.52. The molecule has 0 bridgehead atoms. The lowest BCUT2D eigenvalue weighted by molar-refractivity contribution is 0.602. The average molecular weight is 360 g/mol. The zero-order valence-corrected chi connectivity index (χ0v) is 15.7. The van der Waals surface area contributed by atoms with Crippen molar-refractivity contribution in [3.8, 4) is 0 Å². The van der Waals surface area contributed by atoms with Crippen LogP contribution in [0.4, 0.5) is 17.5 Å². The summed E-state index contributed by atoms with van der Waals surface area (Å²) in [7, 11) is -2.93. The van der Waals surface area contributed by atoms with Crippen molar-refractivity contribution < 1.29 is 8.42 Å². The fourth-order valence-electron chi connectivity index (χ4n) is 3.12. The molecule has 134 valence electrons. The van der Waals surface area contributed by atoms with E-state index in [1.54, 1.807) is 0 Å². The van der Waals surface area contributed by atoms with Crippen LogP contribution in [0.2, 0.25) is 0 Å². The Kier molecular flexibility index (Phi) is 4.94. The van der Waals surface area contributed by atoms with Gasteiger partial charge in [0.2, 0.25) is 5.95 Å². The van der Waals surface area contributed by atoms with Gasteiger partial charge in [0.25, 0.3) is 0 Å². The van der Waals surface area contributed by atoms with E-state index in [0.717, 1.165) is 23.7 Å². The summed E-state index contributed by atoms with van der Waals surface area (Å²) in [5.74, 6) is 1.68. The highest BCUT2D eigenvalue weighted by Gasteiger charge is 2.28. The summed E-state index contributed by atoms with van der Waals surface area (Å²) in [6.45, 7) is 6.84. The highest BCUT2D eigenvalue weighted by molar-refractivity contribution is 7.91. The molecule has 6 nitrogen and oxygen atoms in total. The number of nitrogens with zero attached hydrogens (tertiary/aromatic N) is 3. The number of benzene rings is 1. The van der Waals surface area contributed by atoms with Gasteiger partial charge in [-0.3, -0.25) is 0 Å². The van der Waals surface area contributed by atoms with Gasteiger partial charge in [-0.25, -0.2) is 13.4 Å². The maximum absolute atomic E-state index is 11.6. The van der Waals surface area contributed by atoms with Crippen LogP contribution in [0.1, 0.15) is 24.6 Å². The molecular formula is C18H24N4O2S. The molecule has 7 heteroatoms.